The fraction of sp³-hybridized carbons (Fsp3) is 0.441. The van der Waals surface area contributed by atoms with Crippen molar-refractivity contribution >= 4 is 32.5 Å². The van der Waals surface area contributed by atoms with Gasteiger partial charge in [0.1, 0.15) is 17.5 Å². The summed E-state index contributed by atoms with van der Waals surface area (Å²) in [6, 6.07) is 11.7. The first-order valence-electron chi connectivity index (χ1n) is 16.2. The predicted molar refractivity (Wildman–Crippen MR) is 174 cm³/mol. The third-order valence-corrected chi connectivity index (χ3v) is 11.4. The molecule has 2 N–H and O–H groups in total. The van der Waals surface area contributed by atoms with E-state index in [9.17, 15) is 26.4 Å². The number of anilines is 2. The molecule has 4 aromatic rings. The Morgan fingerprint density at radius 2 is 1.69 bits per heavy atom. The molecule has 14 heteroatoms. The van der Waals surface area contributed by atoms with Crippen molar-refractivity contribution in [2.75, 3.05) is 31.6 Å². The zero-order valence-corrected chi connectivity index (χ0v) is 26.9. The summed E-state index contributed by atoms with van der Waals surface area (Å²) in [5.74, 6) is 1.01. The summed E-state index contributed by atoms with van der Waals surface area (Å²) >= 11 is 0. The van der Waals surface area contributed by atoms with Gasteiger partial charge in [-0.1, -0.05) is 6.07 Å². The number of sulfone groups is 1. The lowest BCUT2D eigenvalue weighted by molar-refractivity contribution is -0.137. The highest BCUT2D eigenvalue weighted by Crippen LogP contribution is 2.41. The van der Waals surface area contributed by atoms with Gasteiger partial charge in [0.25, 0.3) is 5.56 Å². The van der Waals surface area contributed by atoms with Gasteiger partial charge in [-0.15, -0.1) is 0 Å². The third kappa shape index (κ3) is 6.92. The molecule has 1 saturated carbocycles. The van der Waals surface area contributed by atoms with Gasteiger partial charge in [0.15, 0.2) is 9.84 Å². The molecule has 10 nitrogen and oxygen atoms in total. The quantitative estimate of drug-likeness (QED) is 0.228. The highest BCUT2D eigenvalue weighted by molar-refractivity contribution is 7.92. The van der Waals surface area contributed by atoms with E-state index in [1.165, 1.54) is 16.8 Å². The fourth-order valence-electron chi connectivity index (χ4n) is 6.36. The number of hydrogen-bond donors (Lipinski definition) is 2. The summed E-state index contributed by atoms with van der Waals surface area (Å²) < 4.78 is 82.1. The molecule has 3 fully saturated rings. The Morgan fingerprint density at radius 3 is 2.38 bits per heavy atom. The number of pyridine rings is 1. The van der Waals surface area contributed by atoms with Crippen molar-refractivity contribution in [1.29, 1.82) is 0 Å². The molecule has 48 heavy (non-hydrogen) atoms. The number of rotatable bonds is 9. The summed E-state index contributed by atoms with van der Waals surface area (Å²) in [6.07, 6.45) is 0.804. The van der Waals surface area contributed by atoms with E-state index in [4.69, 9.17) is 9.47 Å². The van der Waals surface area contributed by atoms with Crippen LogP contribution in [-0.4, -0.2) is 60.6 Å². The van der Waals surface area contributed by atoms with Crippen LogP contribution >= 0.6 is 0 Å². The average molecular weight is 684 g/mol. The SMILES string of the molecule is O=c1c(-c2ccc(S(=O)(=O)C3CC3)cc2C(F)(F)F)cc2cnc(Nc3ccc(OC4CCNCC4)cc3)nc2n1CC1CCOCC1. The number of hydrogen-bond acceptors (Lipinski definition) is 9. The second-order valence-corrected chi connectivity index (χ2v) is 14.9. The Morgan fingerprint density at radius 1 is 0.958 bits per heavy atom. The second kappa shape index (κ2) is 13.1. The van der Waals surface area contributed by atoms with E-state index in [1.807, 2.05) is 24.3 Å². The molecule has 254 valence electrons. The van der Waals surface area contributed by atoms with E-state index in [-0.39, 0.29) is 41.3 Å². The van der Waals surface area contributed by atoms with Gasteiger partial charge in [-0.25, -0.2) is 13.4 Å². The summed E-state index contributed by atoms with van der Waals surface area (Å²) in [5.41, 5.74) is -1.45. The van der Waals surface area contributed by atoms with Crippen LogP contribution in [0.1, 0.15) is 44.1 Å². The van der Waals surface area contributed by atoms with Gasteiger partial charge < -0.3 is 20.1 Å². The van der Waals surface area contributed by atoms with E-state index >= 15 is 0 Å². The normalized spacial score (nSPS) is 18.2. The standard InChI is InChI=1S/C34H36F3N5O5S/c35-34(36,37)30-18-27(48(44,45)26-5-6-26)7-8-28(30)29-17-22-19-39-33(41-31(22)42(32(29)43)20-21-11-15-46-16-12-21)40-23-1-3-24(4-2-23)47-25-9-13-38-14-10-25/h1-4,7-8,17-19,21,25-26,38H,5-6,9-16,20H2,(H,39,40,41). The molecule has 3 aliphatic rings. The van der Waals surface area contributed by atoms with E-state index < -0.39 is 37.3 Å². The number of halogens is 3. The Balaban J connectivity index is 1.25. The van der Waals surface area contributed by atoms with Crippen LogP contribution in [0.5, 0.6) is 5.75 Å². The zero-order valence-electron chi connectivity index (χ0n) is 26.1. The van der Waals surface area contributed by atoms with E-state index in [2.05, 4.69) is 20.6 Å². The number of nitrogens with zero attached hydrogens (tertiary/aromatic N) is 3. The van der Waals surface area contributed by atoms with E-state index in [0.29, 0.717) is 56.0 Å². The van der Waals surface area contributed by atoms with Crippen molar-refractivity contribution in [2.45, 2.75) is 67.5 Å². The molecule has 0 amide bonds. The van der Waals surface area contributed by atoms with Crippen LogP contribution in [-0.2, 0) is 27.3 Å². The van der Waals surface area contributed by atoms with Gasteiger partial charge in [-0.2, -0.15) is 18.2 Å². The van der Waals surface area contributed by atoms with Crippen LogP contribution < -0.4 is 20.9 Å². The minimum atomic E-state index is -4.91. The molecule has 2 aromatic heterocycles. The molecule has 0 radical (unpaired) electrons. The van der Waals surface area contributed by atoms with Gasteiger partial charge in [0.05, 0.1) is 15.7 Å². The van der Waals surface area contributed by atoms with Crippen LogP contribution in [0.2, 0.25) is 0 Å². The zero-order chi connectivity index (χ0) is 33.5. The molecule has 0 unspecified atom stereocenters. The lowest BCUT2D eigenvalue weighted by Crippen LogP contribution is -2.34. The average Bonchev–Trinajstić information content (AvgIpc) is 3.94. The Hall–Kier alpha value is -4.01. The molecular weight excluding hydrogens is 647 g/mol. The lowest BCUT2D eigenvalue weighted by Gasteiger charge is -2.24. The monoisotopic (exact) mass is 683 g/mol. The topological polar surface area (TPSA) is 124 Å². The Kier molecular flexibility index (Phi) is 8.90. The smallest absolute Gasteiger partial charge is 0.417 e. The summed E-state index contributed by atoms with van der Waals surface area (Å²) in [7, 11) is -3.89. The number of alkyl halides is 3. The first-order valence-corrected chi connectivity index (χ1v) is 17.8. The summed E-state index contributed by atoms with van der Waals surface area (Å²) in [6.45, 7) is 3.11. The Labute approximate surface area is 275 Å². The number of nitrogens with one attached hydrogen (secondary N) is 2. The van der Waals surface area contributed by atoms with E-state index in [0.717, 1.165) is 43.8 Å². The van der Waals surface area contributed by atoms with Crippen molar-refractivity contribution in [1.82, 2.24) is 19.9 Å². The van der Waals surface area contributed by atoms with Crippen molar-refractivity contribution < 1.29 is 31.1 Å². The van der Waals surface area contributed by atoms with Gasteiger partial charge >= 0.3 is 6.18 Å². The minimum absolute atomic E-state index is 0.0434. The van der Waals surface area contributed by atoms with Crippen LogP contribution in [0.4, 0.5) is 24.8 Å². The first-order chi connectivity index (χ1) is 23.1. The molecule has 2 aliphatic heterocycles. The predicted octanol–water partition coefficient (Wildman–Crippen LogP) is 5.71. The molecule has 7 rings (SSSR count). The van der Waals surface area contributed by atoms with Crippen LogP contribution in [0.3, 0.4) is 0 Å². The molecule has 2 aromatic carbocycles. The summed E-state index contributed by atoms with van der Waals surface area (Å²) in [4.78, 5) is 22.8. The molecular formula is C34H36F3N5O5S. The second-order valence-electron chi connectivity index (χ2n) is 12.7. The maximum absolute atomic E-state index is 14.5. The van der Waals surface area contributed by atoms with Gasteiger partial charge in [-0.05, 0) is 106 Å². The van der Waals surface area contributed by atoms with Crippen molar-refractivity contribution in [2.24, 2.45) is 5.92 Å². The number of aromatic nitrogens is 3. The van der Waals surface area contributed by atoms with Crippen molar-refractivity contribution in [3.8, 4) is 16.9 Å². The lowest BCUT2D eigenvalue weighted by atomic mass is 9.98. The molecule has 1 aliphatic carbocycles. The van der Waals surface area contributed by atoms with Crippen LogP contribution in [0, 0.1) is 5.92 Å². The molecule has 4 heterocycles. The highest BCUT2D eigenvalue weighted by atomic mass is 32.2. The largest absolute Gasteiger partial charge is 0.490 e. The number of piperidine rings is 1. The Bertz CT molecular complexity index is 1970. The van der Waals surface area contributed by atoms with Gasteiger partial charge in [0.2, 0.25) is 5.95 Å². The number of benzene rings is 2. The van der Waals surface area contributed by atoms with Gasteiger partial charge in [0, 0.05) is 42.6 Å². The molecule has 0 bridgehead atoms. The van der Waals surface area contributed by atoms with Crippen molar-refractivity contribution in [3.63, 3.8) is 0 Å². The maximum atomic E-state index is 14.5. The maximum Gasteiger partial charge on any atom is 0.417 e. The van der Waals surface area contributed by atoms with Crippen LogP contribution in [0.15, 0.2) is 64.4 Å². The third-order valence-electron chi connectivity index (χ3n) is 9.19. The molecule has 2 saturated heterocycles. The number of fused-ring (bicyclic) bond motifs is 1. The van der Waals surface area contributed by atoms with E-state index in [1.54, 1.807) is 0 Å². The van der Waals surface area contributed by atoms with Crippen molar-refractivity contribution in [3.05, 3.63) is 70.6 Å². The number of ether oxygens (including phenoxy) is 2. The van der Waals surface area contributed by atoms with Gasteiger partial charge in [-0.3, -0.25) is 9.36 Å². The molecule has 0 spiro atoms. The first kappa shape index (κ1) is 32.5. The fourth-order valence-corrected chi connectivity index (χ4v) is 8.04. The minimum Gasteiger partial charge on any atom is -0.490 e. The molecule has 0 atom stereocenters. The highest BCUT2D eigenvalue weighted by Gasteiger charge is 2.40. The van der Waals surface area contributed by atoms with Crippen LogP contribution in [0.25, 0.3) is 22.2 Å². The summed E-state index contributed by atoms with van der Waals surface area (Å²) in [5, 5.41) is 6.17.